The van der Waals surface area contributed by atoms with Crippen LogP contribution in [0.4, 0.5) is 17.1 Å². The van der Waals surface area contributed by atoms with Gasteiger partial charge in [-0.1, -0.05) is 212 Å². The highest BCUT2D eigenvalue weighted by Crippen LogP contribution is 2.65. The molecule has 64 heavy (non-hydrogen) atoms. The maximum absolute atomic E-state index is 2.58. The van der Waals surface area contributed by atoms with Gasteiger partial charge in [0, 0.05) is 16.6 Å². The van der Waals surface area contributed by atoms with Crippen molar-refractivity contribution in [1.82, 2.24) is 0 Å². The number of rotatable bonds is 3. The molecule has 0 atom stereocenters. The van der Waals surface area contributed by atoms with E-state index in [1.165, 1.54) is 111 Å². The van der Waals surface area contributed by atoms with Crippen LogP contribution in [0, 0.1) is 0 Å². The van der Waals surface area contributed by atoms with E-state index in [2.05, 4.69) is 241 Å². The van der Waals surface area contributed by atoms with Crippen molar-refractivity contribution in [2.24, 2.45) is 0 Å². The molecule has 1 spiro atoms. The third-order valence-corrected chi connectivity index (χ3v) is 14.4. The van der Waals surface area contributed by atoms with E-state index in [4.69, 9.17) is 0 Å². The molecule has 0 aromatic heterocycles. The molecule has 1 heteroatoms. The van der Waals surface area contributed by atoms with E-state index in [9.17, 15) is 0 Å². The molecule has 0 fully saturated rings. The third-order valence-electron chi connectivity index (χ3n) is 14.4. The number of hydrogen-bond donors (Lipinski definition) is 0. The topological polar surface area (TPSA) is 3.24 Å². The molecule has 11 aromatic carbocycles. The molecule has 0 unspecified atom stereocenters. The van der Waals surface area contributed by atoms with Crippen molar-refractivity contribution >= 4 is 38.6 Å². The lowest BCUT2D eigenvalue weighted by molar-refractivity contribution is 0.794. The fourth-order valence-electron chi connectivity index (χ4n) is 11.9. The molecule has 0 saturated carbocycles. The Morgan fingerprint density at radius 2 is 0.672 bits per heavy atom. The standard InChI is InChI=1S/C63H39N/c1-2-19-42-40(18-1)38-61(53-29-10-9-20-43(42)53)64(41-36-37-50-48-25-6-5-23-46(48)44-21-3-4-22-45(44)47-24-7-8-26-49(47)55(50)39-41)60-35-17-34-59-62(60)54-30-13-16-33-58(54)63(59)56-31-14-11-27-51(56)52-28-12-15-32-57(52)63/h1-39H. The molecule has 296 valence electrons. The van der Waals surface area contributed by atoms with Crippen LogP contribution in [-0.4, -0.2) is 0 Å². The van der Waals surface area contributed by atoms with Crippen LogP contribution in [0.3, 0.4) is 0 Å². The Bertz CT molecular complexity index is 3710. The zero-order valence-corrected chi connectivity index (χ0v) is 35.0. The highest BCUT2D eigenvalue weighted by molar-refractivity contribution is 6.16. The van der Waals surface area contributed by atoms with Gasteiger partial charge in [0.05, 0.1) is 16.8 Å². The summed E-state index contributed by atoms with van der Waals surface area (Å²) in [5, 5.41) is 4.92. The fourth-order valence-corrected chi connectivity index (χ4v) is 11.9. The van der Waals surface area contributed by atoms with Gasteiger partial charge in [-0.25, -0.2) is 0 Å². The second-order valence-electron chi connectivity index (χ2n) is 17.5. The molecule has 0 aliphatic heterocycles. The molecule has 0 amide bonds. The lowest BCUT2D eigenvalue weighted by Gasteiger charge is -2.33. The van der Waals surface area contributed by atoms with E-state index in [0.29, 0.717) is 0 Å². The van der Waals surface area contributed by atoms with Crippen molar-refractivity contribution in [2.45, 2.75) is 5.41 Å². The molecule has 0 N–H and O–H groups in total. The highest BCUT2D eigenvalue weighted by Gasteiger charge is 2.52. The molecule has 3 aliphatic rings. The van der Waals surface area contributed by atoms with Gasteiger partial charge in [-0.05, 0) is 124 Å². The van der Waals surface area contributed by atoms with Gasteiger partial charge in [-0.3, -0.25) is 0 Å². The average molecular weight is 810 g/mol. The predicted octanol–water partition coefficient (Wildman–Crippen LogP) is 16.8. The Morgan fingerprint density at radius 3 is 1.27 bits per heavy atom. The minimum atomic E-state index is -0.464. The first-order chi connectivity index (χ1) is 31.8. The largest absolute Gasteiger partial charge is 0.309 e. The molecule has 14 rings (SSSR count). The van der Waals surface area contributed by atoms with Crippen molar-refractivity contribution in [3.05, 3.63) is 259 Å². The van der Waals surface area contributed by atoms with E-state index >= 15 is 0 Å². The van der Waals surface area contributed by atoms with Crippen molar-refractivity contribution in [3.63, 3.8) is 0 Å². The van der Waals surface area contributed by atoms with Gasteiger partial charge in [0.2, 0.25) is 0 Å². The summed E-state index contributed by atoms with van der Waals surface area (Å²) in [6, 6.07) is 88.7. The number of anilines is 3. The molecular weight excluding hydrogens is 771 g/mol. The summed E-state index contributed by atoms with van der Waals surface area (Å²) in [5.74, 6) is 0. The van der Waals surface area contributed by atoms with E-state index in [1.807, 2.05) is 0 Å². The minimum Gasteiger partial charge on any atom is -0.309 e. The molecule has 0 radical (unpaired) electrons. The molecule has 0 heterocycles. The van der Waals surface area contributed by atoms with Gasteiger partial charge in [-0.2, -0.15) is 0 Å². The Kier molecular flexibility index (Phi) is 7.38. The van der Waals surface area contributed by atoms with Crippen LogP contribution in [0.1, 0.15) is 22.3 Å². The van der Waals surface area contributed by atoms with Gasteiger partial charge < -0.3 is 4.90 Å². The van der Waals surface area contributed by atoms with E-state index in [1.54, 1.807) is 0 Å². The Morgan fingerprint density at radius 1 is 0.250 bits per heavy atom. The molecule has 11 aromatic rings. The van der Waals surface area contributed by atoms with Crippen molar-refractivity contribution in [3.8, 4) is 66.8 Å². The minimum absolute atomic E-state index is 0.464. The predicted molar refractivity (Wildman–Crippen MR) is 268 cm³/mol. The number of hydrogen-bond acceptors (Lipinski definition) is 1. The van der Waals surface area contributed by atoms with Crippen LogP contribution in [-0.2, 0) is 5.41 Å². The average Bonchev–Trinajstić information content (AvgIpc) is 3.84. The van der Waals surface area contributed by atoms with Crippen LogP contribution >= 0.6 is 0 Å². The number of fused-ring (bicyclic) bond motifs is 21. The van der Waals surface area contributed by atoms with Crippen molar-refractivity contribution < 1.29 is 0 Å². The van der Waals surface area contributed by atoms with Crippen LogP contribution in [0.2, 0.25) is 0 Å². The van der Waals surface area contributed by atoms with Gasteiger partial charge in [0.15, 0.2) is 0 Å². The molecule has 1 nitrogen and oxygen atoms in total. The van der Waals surface area contributed by atoms with Gasteiger partial charge >= 0.3 is 0 Å². The smallest absolute Gasteiger partial charge is 0.0726 e. The SMILES string of the molecule is c1ccc2c(c1)-c1ccccc1-c1ccc(N(c3cccc4c3-c3ccccc3C43c4ccccc4-c4ccccc43)c3cc4ccccc4c4ccccc34)cc1-c1ccccc1-2. The Balaban J connectivity index is 1.11. The van der Waals surface area contributed by atoms with E-state index in [-0.39, 0.29) is 0 Å². The molecular formula is C63H39N. The summed E-state index contributed by atoms with van der Waals surface area (Å²) in [6.07, 6.45) is 0. The summed E-state index contributed by atoms with van der Waals surface area (Å²) in [7, 11) is 0. The van der Waals surface area contributed by atoms with Crippen LogP contribution < -0.4 is 4.90 Å². The van der Waals surface area contributed by atoms with E-state index in [0.717, 1.165) is 17.1 Å². The second kappa shape index (κ2) is 13.4. The zero-order valence-electron chi connectivity index (χ0n) is 35.0. The summed E-state index contributed by atoms with van der Waals surface area (Å²) < 4.78 is 0. The van der Waals surface area contributed by atoms with Crippen molar-refractivity contribution in [2.75, 3.05) is 4.90 Å². The molecule has 3 aliphatic carbocycles. The lowest BCUT2D eigenvalue weighted by Crippen LogP contribution is -2.26. The highest BCUT2D eigenvalue weighted by atomic mass is 15.1. The van der Waals surface area contributed by atoms with Crippen LogP contribution in [0.5, 0.6) is 0 Å². The summed E-state index contributed by atoms with van der Waals surface area (Å²) in [4.78, 5) is 2.58. The number of nitrogens with zero attached hydrogens (tertiary/aromatic N) is 1. The fraction of sp³-hybridized carbons (Fsp3) is 0.0159. The van der Waals surface area contributed by atoms with E-state index < -0.39 is 5.41 Å². The van der Waals surface area contributed by atoms with Crippen LogP contribution in [0.15, 0.2) is 237 Å². The first-order valence-electron chi connectivity index (χ1n) is 22.3. The van der Waals surface area contributed by atoms with Gasteiger partial charge in [0.1, 0.15) is 0 Å². The first kappa shape index (κ1) is 35.3. The summed E-state index contributed by atoms with van der Waals surface area (Å²) in [5.41, 5.74) is 23.4. The van der Waals surface area contributed by atoms with Gasteiger partial charge in [-0.15, -0.1) is 0 Å². The third kappa shape index (κ3) is 4.68. The molecule has 0 bridgehead atoms. The molecule has 0 saturated heterocycles. The Hall–Kier alpha value is -8.26. The monoisotopic (exact) mass is 809 g/mol. The van der Waals surface area contributed by atoms with Crippen molar-refractivity contribution in [1.29, 1.82) is 0 Å². The Labute approximate surface area is 372 Å². The summed E-state index contributed by atoms with van der Waals surface area (Å²) >= 11 is 0. The summed E-state index contributed by atoms with van der Waals surface area (Å²) in [6.45, 7) is 0. The maximum Gasteiger partial charge on any atom is 0.0726 e. The quantitative estimate of drug-likeness (QED) is 0.161. The second-order valence-corrected chi connectivity index (χ2v) is 17.5. The lowest BCUT2D eigenvalue weighted by atomic mass is 9.70. The zero-order chi connectivity index (χ0) is 41.9. The first-order valence-corrected chi connectivity index (χ1v) is 22.3. The normalized spacial score (nSPS) is 13.1. The van der Waals surface area contributed by atoms with Crippen LogP contribution in [0.25, 0.3) is 88.3 Å². The maximum atomic E-state index is 2.58. The van der Waals surface area contributed by atoms with Gasteiger partial charge in [0.25, 0.3) is 0 Å². The number of benzene rings is 11.